The Bertz CT molecular complexity index is 1330. The van der Waals surface area contributed by atoms with E-state index in [1.165, 1.54) is 16.4 Å². The van der Waals surface area contributed by atoms with E-state index in [0.29, 0.717) is 68.5 Å². The number of aliphatic hydroxyl groups excluding tert-OH is 1. The minimum Gasteiger partial charge on any atom is -0.390 e. The number of hydrogen-bond acceptors (Lipinski definition) is 9. The number of sulfonamides is 1. The molecule has 3 aliphatic rings. The first-order valence-corrected chi connectivity index (χ1v) is 17.0. The predicted octanol–water partition coefficient (Wildman–Crippen LogP) is 2.00. The summed E-state index contributed by atoms with van der Waals surface area (Å²) in [6.45, 7) is 7.02. The Balaban J connectivity index is 1.43. The van der Waals surface area contributed by atoms with Gasteiger partial charge in [0.05, 0.1) is 56.6 Å². The molecule has 2 fully saturated rings. The second kappa shape index (κ2) is 13.5. The lowest BCUT2D eigenvalue weighted by molar-refractivity contribution is -0.139. The van der Waals surface area contributed by atoms with Crippen molar-refractivity contribution in [3.63, 3.8) is 0 Å². The van der Waals surface area contributed by atoms with E-state index in [-0.39, 0.29) is 24.5 Å². The van der Waals surface area contributed by atoms with Gasteiger partial charge in [0.2, 0.25) is 10.0 Å². The molecule has 1 unspecified atom stereocenters. The number of fused-ring (bicyclic) bond motifs is 1. The summed E-state index contributed by atoms with van der Waals surface area (Å²) >= 11 is 1.16. The average Bonchev–Trinajstić information content (AvgIpc) is 3.30. The summed E-state index contributed by atoms with van der Waals surface area (Å²) in [5.41, 5.74) is 1.69. The number of aromatic nitrogens is 2. The number of alkyl halides is 3. The van der Waals surface area contributed by atoms with Crippen molar-refractivity contribution in [3.8, 4) is 11.3 Å². The molecule has 3 aliphatic heterocycles. The standard InChI is InChI=1S/C27H38F3N5O5S2/c1-42(37,38)34-5-4-24-22(19-34)26(31-35(24)18-21(36)17-33-8-13-40-14-9-33)20-2-3-23(27(28,29)30)25(16-20)41-15-10-32-6-11-39-12-7-32/h2-3,16,21,36H,4-15,17-19H2,1H3. The van der Waals surface area contributed by atoms with Crippen LogP contribution in [0.5, 0.6) is 0 Å². The minimum absolute atomic E-state index is 0.0730. The van der Waals surface area contributed by atoms with Gasteiger partial charge in [0.15, 0.2) is 0 Å². The normalized spacial score (nSPS) is 20.5. The monoisotopic (exact) mass is 633 g/mol. The molecule has 5 rings (SSSR count). The average molecular weight is 634 g/mol. The van der Waals surface area contributed by atoms with Gasteiger partial charge in [-0.2, -0.15) is 22.6 Å². The van der Waals surface area contributed by atoms with Crippen LogP contribution in [0, 0.1) is 0 Å². The fourth-order valence-electron chi connectivity index (χ4n) is 5.60. The SMILES string of the molecule is CS(=O)(=O)N1CCc2c(c(-c3ccc(C(F)(F)F)c(SCCN4CCOCC4)c3)nn2CC(O)CN2CCOCC2)C1. The summed E-state index contributed by atoms with van der Waals surface area (Å²) < 4.78 is 80.6. The number of halogens is 3. The maximum atomic E-state index is 14.0. The van der Waals surface area contributed by atoms with Crippen LogP contribution in [0.1, 0.15) is 16.8 Å². The zero-order valence-electron chi connectivity index (χ0n) is 23.7. The highest BCUT2D eigenvalue weighted by molar-refractivity contribution is 7.99. The molecule has 42 heavy (non-hydrogen) atoms. The van der Waals surface area contributed by atoms with Crippen LogP contribution in [-0.2, 0) is 45.2 Å². The van der Waals surface area contributed by atoms with Crippen LogP contribution in [0.2, 0.25) is 0 Å². The van der Waals surface area contributed by atoms with Crippen LogP contribution in [0.25, 0.3) is 11.3 Å². The van der Waals surface area contributed by atoms with Gasteiger partial charge in [-0.05, 0) is 12.1 Å². The van der Waals surface area contributed by atoms with Crippen LogP contribution in [-0.4, -0.2) is 128 Å². The summed E-state index contributed by atoms with van der Waals surface area (Å²) in [7, 11) is -3.50. The molecule has 2 saturated heterocycles. The van der Waals surface area contributed by atoms with Gasteiger partial charge < -0.3 is 14.6 Å². The number of hydrogen-bond donors (Lipinski definition) is 1. The molecule has 1 atom stereocenters. The van der Waals surface area contributed by atoms with Crippen LogP contribution in [0.3, 0.4) is 0 Å². The van der Waals surface area contributed by atoms with E-state index in [4.69, 9.17) is 14.6 Å². The smallest absolute Gasteiger partial charge is 0.390 e. The van der Waals surface area contributed by atoms with Crippen molar-refractivity contribution in [2.75, 3.05) is 84.2 Å². The molecular formula is C27H38F3N5O5S2. The molecular weight excluding hydrogens is 595 g/mol. The highest BCUT2D eigenvalue weighted by Gasteiger charge is 2.35. The number of β-amino-alcohol motifs (C(OH)–C–C–N with tert-alkyl or cyclic N) is 1. The minimum atomic E-state index is -4.52. The number of morpholine rings is 2. The first-order chi connectivity index (χ1) is 20.0. The molecule has 0 radical (unpaired) electrons. The van der Waals surface area contributed by atoms with Gasteiger partial charge in [0.1, 0.15) is 0 Å². The van der Waals surface area contributed by atoms with Gasteiger partial charge >= 0.3 is 6.18 Å². The maximum absolute atomic E-state index is 14.0. The molecule has 10 nitrogen and oxygen atoms in total. The molecule has 1 N–H and O–H groups in total. The molecule has 1 aromatic heterocycles. The summed E-state index contributed by atoms with van der Waals surface area (Å²) in [6, 6.07) is 4.01. The van der Waals surface area contributed by atoms with Crippen LogP contribution >= 0.6 is 11.8 Å². The van der Waals surface area contributed by atoms with Crippen molar-refractivity contribution in [2.45, 2.75) is 36.7 Å². The van der Waals surface area contributed by atoms with Crippen molar-refractivity contribution >= 4 is 21.8 Å². The van der Waals surface area contributed by atoms with E-state index >= 15 is 0 Å². The zero-order chi connectivity index (χ0) is 29.9. The number of nitrogens with zero attached hydrogens (tertiary/aromatic N) is 5. The summed E-state index contributed by atoms with van der Waals surface area (Å²) in [6.07, 6.45) is -3.71. The van der Waals surface area contributed by atoms with E-state index < -0.39 is 27.9 Å². The number of thioether (sulfide) groups is 1. The van der Waals surface area contributed by atoms with Gasteiger partial charge in [-0.15, -0.1) is 11.8 Å². The number of ether oxygens (including phenoxy) is 2. The lowest BCUT2D eigenvalue weighted by atomic mass is 10.0. The Hall–Kier alpha value is -1.72. The summed E-state index contributed by atoms with van der Waals surface area (Å²) in [5.74, 6) is 0.481. The molecule has 0 saturated carbocycles. The second-order valence-electron chi connectivity index (χ2n) is 10.9. The predicted molar refractivity (Wildman–Crippen MR) is 153 cm³/mol. The zero-order valence-corrected chi connectivity index (χ0v) is 25.3. The van der Waals surface area contributed by atoms with E-state index in [0.717, 1.165) is 56.0 Å². The van der Waals surface area contributed by atoms with Gasteiger partial charge in [0, 0.05) is 86.2 Å². The van der Waals surface area contributed by atoms with Crippen molar-refractivity contribution < 1.29 is 36.2 Å². The maximum Gasteiger partial charge on any atom is 0.417 e. The van der Waals surface area contributed by atoms with E-state index in [9.17, 15) is 26.7 Å². The lowest BCUT2D eigenvalue weighted by Gasteiger charge is -2.29. The largest absolute Gasteiger partial charge is 0.417 e. The topological polar surface area (TPSA) is 100 Å². The highest BCUT2D eigenvalue weighted by Crippen LogP contribution is 2.40. The Morgan fingerprint density at radius 3 is 2.33 bits per heavy atom. The lowest BCUT2D eigenvalue weighted by Crippen LogP contribution is -2.42. The highest BCUT2D eigenvalue weighted by atomic mass is 32.2. The Morgan fingerprint density at radius 2 is 1.69 bits per heavy atom. The molecule has 234 valence electrons. The van der Waals surface area contributed by atoms with Gasteiger partial charge in [-0.25, -0.2) is 8.42 Å². The van der Waals surface area contributed by atoms with Crippen LogP contribution < -0.4 is 0 Å². The fraction of sp³-hybridized carbons (Fsp3) is 0.667. The fourth-order valence-corrected chi connectivity index (χ4v) is 7.51. The van der Waals surface area contributed by atoms with E-state index in [1.54, 1.807) is 4.68 Å². The molecule has 1 aromatic carbocycles. The summed E-state index contributed by atoms with van der Waals surface area (Å²) in [5, 5.41) is 15.7. The molecule has 0 bridgehead atoms. The first-order valence-electron chi connectivity index (χ1n) is 14.2. The Kier molecular flexibility index (Phi) is 10.2. The number of benzene rings is 1. The Labute approximate surface area is 248 Å². The molecule has 0 aliphatic carbocycles. The van der Waals surface area contributed by atoms with Crippen molar-refractivity contribution in [1.82, 2.24) is 23.9 Å². The molecule has 2 aromatic rings. The van der Waals surface area contributed by atoms with E-state index in [1.807, 2.05) is 0 Å². The number of rotatable bonds is 10. The van der Waals surface area contributed by atoms with Crippen LogP contribution in [0.4, 0.5) is 13.2 Å². The van der Waals surface area contributed by atoms with Crippen molar-refractivity contribution in [3.05, 3.63) is 35.0 Å². The van der Waals surface area contributed by atoms with Crippen molar-refractivity contribution in [1.29, 1.82) is 0 Å². The second-order valence-corrected chi connectivity index (χ2v) is 14.0. The van der Waals surface area contributed by atoms with E-state index in [2.05, 4.69) is 9.80 Å². The Morgan fingerprint density at radius 1 is 1.02 bits per heavy atom. The van der Waals surface area contributed by atoms with Gasteiger partial charge in [-0.1, -0.05) is 6.07 Å². The molecule has 0 amide bonds. The summed E-state index contributed by atoms with van der Waals surface area (Å²) in [4.78, 5) is 4.40. The van der Waals surface area contributed by atoms with Gasteiger partial charge in [0.25, 0.3) is 0 Å². The first kappa shape index (κ1) is 31.7. The third-order valence-corrected chi connectivity index (χ3v) is 10.1. The third kappa shape index (κ3) is 7.86. The molecule has 0 spiro atoms. The molecule has 15 heteroatoms. The molecule has 4 heterocycles. The number of aliphatic hydroxyl groups is 1. The van der Waals surface area contributed by atoms with Gasteiger partial charge in [-0.3, -0.25) is 14.5 Å². The quantitative estimate of drug-likeness (QED) is 0.394. The van der Waals surface area contributed by atoms with Crippen LogP contribution in [0.15, 0.2) is 23.1 Å². The van der Waals surface area contributed by atoms with Crippen molar-refractivity contribution in [2.24, 2.45) is 0 Å². The third-order valence-electron chi connectivity index (χ3n) is 7.85.